The van der Waals surface area contributed by atoms with E-state index in [0.717, 1.165) is 64.2 Å². The number of carbonyl (C=O) groups excluding carboxylic acids is 1. The molecule has 0 saturated heterocycles. The first-order valence-electron chi connectivity index (χ1n) is 16.0. The van der Waals surface area contributed by atoms with Crippen LogP contribution in [0.5, 0.6) is 0 Å². The molecule has 0 fully saturated rings. The molecular weight excluding hydrogens is 448 g/mol. The molecule has 0 radical (unpaired) electrons. The van der Waals surface area contributed by atoms with Gasteiger partial charge in [0.25, 0.3) is 0 Å². The summed E-state index contributed by atoms with van der Waals surface area (Å²) in [5.74, 6) is -0.702. The fraction of sp³-hybridized carbons (Fsp3) is 0.938. The van der Waals surface area contributed by atoms with Crippen molar-refractivity contribution < 1.29 is 19.4 Å². The van der Waals surface area contributed by atoms with Crippen molar-refractivity contribution in [1.82, 2.24) is 0 Å². The highest BCUT2D eigenvalue weighted by Crippen LogP contribution is 2.18. The number of aliphatic carboxylic acids is 1. The predicted octanol–water partition coefficient (Wildman–Crippen LogP) is 10.6. The molecule has 4 nitrogen and oxygen atoms in total. The van der Waals surface area contributed by atoms with E-state index < -0.39 is 5.97 Å². The fourth-order valence-electron chi connectivity index (χ4n) is 4.95. The van der Waals surface area contributed by atoms with Gasteiger partial charge in [0.2, 0.25) is 0 Å². The van der Waals surface area contributed by atoms with Crippen LogP contribution in [0.2, 0.25) is 0 Å². The van der Waals surface area contributed by atoms with Gasteiger partial charge >= 0.3 is 11.9 Å². The van der Waals surface area contributed by atoms with Crippen LogP contribution in [-0.4, -0.2) is 23.1 Å². The largest absolute Gasteiger partial charge is 0.481 e. The van der Waals surface area contributed by atoms with Gasteiger partial charge in [-0.25, -0.2) is 0 Å². The molecule has 36 heavy (non-hydrogen) atoms. The Bertz CT molecular complexity index is 477. The van der Waals surface area contributed by atoms with E-state index in [-0.39, 0.29) is 18.5 Å². The lowest BCUT2D eigenvalue weighted by Gasteiger charge is -2.18. The second kappa shape index (κ2) is 28.5. The number of ether oxygens (including phenoxy) is 1. The van der Waals surface area contributed by atoms with Crippen LogP contribution in [0.1, 0.15) is 187 Å². The Labute approximate surface area is 224 Å². The Morgan fingerprint density at radius 3 is 1.22 bits per heavy atom. The van der Waals surface area contributed by atoms with Crippen molar-refractivity contribution in [3.63, 3.8) is 0 Å². The number of unbranched alkanes of at least 4 members (excludes halogenated alkanes) is 20. The Balaban J connectivity index is 3.86. The van der Waals surface area contributed by atoms with Gasteiger partial charge in [0, 0.05) is 12.8 Å². The van der Waals surface area contributed by atoms with Crippen LogP contribution >= 0.6 is 0 Å². The molecule has 0 aromatic heterocycles. The summed E-state index contributed by atoms with van der Waals surface area (Å²) >= 11 is 0. The van der Waals surface area contributed by atoms with E-state index in [0.29, 0.717) is 6.42 Å². The summed E-state index contributed by atoms with van der Waals surface area (Å²) in [5, 5.41) is 8.73. The molecule has 1 atom stereocenters. The molecule has 0 rings (SSSR count). The van der Waals surface area contributed by atoms with Gasteiger partial charge in [0.15, 0.2) is 0 Å². The van der Waals surface area contributed by atoms with Crippen LogP contribution < -0.4 is 0 Å². The molecule has 0 unspecified atom stereocenters. The number of rotatable bonds is 29. The van der Waals surface area contributed by atoms with E-state index >= 15 is 0 Å². The van der Waals surface area contributed by atoms with Gasteiger partial charge in [-0.15, -0.1) is 0 Å². The summed E-state index contributed by atoms with van der Waals surface area (Å²) in [6, 6.07) is 0. The molecule has 4 heteroatoms. The standard InChI is InChI=1S/C32H62O4/c1-3-5-7-9-10-11-12-13-14-15-16-21-25-29-32(35)36-30(26-22-18-8-6-4-2)27-23-19-17-20-24-28-31(33)34/h30H,3-29H2,1-2H3,(H,33,34)/t30-/m0/s1. The van der Waals surface area contributed by atoms with Crippen molar-refractivity contribution >= 4 is 11.9 Å². The van der Waals surface area contributed by atoms with Gasteiger partial charge in [-0.3, -0.25) is 9.59 Å². The minimum absolute atomic E-state index is 0.00177. The monoisotopic (exact) mass is 510 g/mol. The summed E-state index contributed by atoms with van der Waals surface area (Å²) in [5.41, 5.74) is 0. The van der Waals surface area contributed by atoms with E-state index in [1.165, 1.54) is 96.3 Å². The van der Waals surface area contributed by atoms with Crippen molar-refractivity contribution in [2.24, 2.45) is 0 Å². The predicted molar refractivity (Wildman–Crippen MR) is 154 cm³/mol. The Hall–Kier alpha value is -1.06. The second-order valence-electron chi connectivity index (χ2n) is 11.0. The van der Waals surface area contributed by atoms with Gasteiger partial charge < -0.3 is 9.84 Å². The highest BCUT2D eigenvalue weighted by atomic mass is 16.5. The van der Waals surface area contributed by atoms with Crippen LogP contribution in [0.25, 0.3) is 0 Å². The minimum atomic E-state index is -0.700. The van der Waals surface area contributed by atoms with Crippen LogP contribution in [0, 0.1) is 0 Å². The molecule has 0 aliphatic rings. The Kier molecular flexibility index (Phi) is 27.7. The van der Waals surface area contributed by atoms with Crippen LogP contribution in [-0.2, 0) is 14.3 Å². The van der Waals surface area contributed by atoms with E-state index in [2.05, 4.69) is 13.8 Å². The molecule has 0 saturated carbocycles. The zero-order valence-electron chi connectivity index (χ0n) is 24.3. The third-order valence-electron chi connectivity index (χ3n) is 7.33. The molecule has 1 N–H and O–H groups in total. The quantitative estimate of drug-likeness (QED) is 0.0802. The van der Waals surface area contributed by atoms with Gasteiger partial charge in [0.05, 0.1) is 0 Å². The average molecular weight is 511 g/mol. The second-order valence-corrected chi connectivity index (χ2v) is 11.0. The maximum atomic E-state index is 12.5. The number of carboxylic acids is 1. The van der Waals surface area contributed by atoms with E-state index in [4.69, 9.17) is 9.84 Å². The SMILES string of the molecule is CCCCCCCCCCCCCCCC(=O)O[C@@H](CCCCCCC)CCCCCCCC(=O)O. The summed E-state index contributed by atoms with van der Waals surface area (Å²) in [7, 11) is 0. The lowest BCUT2D eigenvalue weighted by Crippen LogP contribution is -2.18. The molecule has 0 bridgehead atoms. The Morgan fingerprint density at radius 1 is 0.500 bits per heavy atom. The maximum absolute atomic E-state index is 12.5. The van der Waals surface area contributed by atoms with Crippen LogP contribution in [0.3, 0.4) is 0 Å². The topological polar surface area (TPSA) is 63.6 Å². The van der Waals surface area contributed by atoms with Gasteiger partial charge in [-0.1, -0.05) is 136 Å². The van der Waals surface area contributed by atoms with Crippen molar-refractivity contribution in [2.45, 2.75) is 193 Å². The number of carbonyl (C=O) groups is 2. The Morgan fingerprint density at radius 2 is 0.833 bits per heavy atom. The third kappa shape index (κ3) is 27.5. The normalized spacial score (nSPS) is 12.1. The lowest BCUT2D eigenvalue weighted by atomic mass is 10.0. The summed E-state index contributed by atoms with van der Waals surface area (Å²) in [4.78, 5) is 23.1. The lowest BCUT2D eigenvalue weighted by molar-refractivity contribution is -0.150. The van der Waals surface area contributed by atoms with E-state index in [1.807, 2.05) is 0 Å². The smallest absolute Gasteiger partial charge is 0.306 e. The molecule has 0 aliphatic heterocycles. The van der Waals surface area contributed by atoms with Crippen molar-refractivity contribution in [1.29, 1.82) is 0 Å². The number of hydrogen-bond acceptors (Lipinski definition) is 3. The summed E-state index contributed by atoms with van der Waals surface area (Å²) in [6.07, 6.45) is 31.2. The number of hydrogen-bond donors (Lipinski definition) is 1. The first-order valence-corrected chi connectivity index (χ1v) is 16.0. The molecule has 0 amide bonds. The zero-order chi connectivity index (χ0) is 26.5. The average Bonchev–Trinajstić information content (AvgIpc) is 2.85. The summed E-state index contributed by atoms with van der Waals surface area (Å²) in [6.45, 7) is 4.51. The van der Waals surface area contributed by atoms with Gasteiger partial charge in [-0.05, 0) is 38.5 Å². The molecule has 0 aromatic rings. The highest BCUT2D eigenvalue weighted by molar-refractivity contribution is 5.69. The molecule has 214 valence electrons. The fourth-order valence-corrected chi connectivity index (χ4v) is 4.95. The first-order chi connectivity index (χ1) is 17.6. The minimum Gasteiger partial charge on any atom is -0.481 e. The molecule has 0 heterocycles. The summed E-state index contributed by atoms with van der Waals surface area (Å²) < 4.78 is 5.91. The molecule has 0 spiro atoms. The van der Waals surface area contributed by atoms with Gasteiger partial charge in [0.1, 0.15) is 6.10 Å². The van der Waals surface area contributed by atoms with Crippen LogP contribution in [0.15, 0.2) is 0 Å². The maximum Gasteiger partial charge on any atom is 0.306 e. The number of esters is 1. The van der Waals surface area contributed by atoms with Crippen molar-refractivity contribution in [3.05, 3.63) is 0 Å². The first kappa shape index (κ1) is 34.9. The number of carboxylic acid groups (broad SMARTS) is 1. The van der Waals surface area contributed by atoms with Crippen molar-refractivity contribution in [2.75, 3.05) is 0 Å². The van der Waals surface area contributed by atoms with Crippen molar-refractivity contribution in [3.8, 4) is 0 Å². The van der Waals surface area contributed by atoms with Gasteiger partial charge in [-0.2, -0.15) is 0 Å². The zero-order valence-corrected chi connectivity index (χ0v) is 24.3. The van der Waals surface area contributed by atoms with E-state index in [1.54, 1.807) is 0 Å². The molecule has 0 aliphatic carbocycles. The molecule has 0 aromatic carbocycles. The molecular formula is C32H62O4. The third-order valence-corrected chi connectivity index (χ3v) is 7.33. The highest BCUT2D eigenvalue weighted by Gasteiger charge is 2.14. The van der Waals surface area contributed by atoms with E-state index in [9.17, 15) is 9.59 Å². The van der Waals surface area contributed by atoms with Crippen LogP contribution in [0.4, 0.5) is 0 Å².